The summed E-state index contributed by atoms with van der Waals surface area (Å²) < 4.78 is 19.2. The van der Waals surface area contributed by atoms with Gasteiger partial charge in [-0.3, -0.25) is 0 Å². The van der Waals surface area contributed by atoms with E-state index < -0.39 is 6.16 Å². The zero-order chi connectivity index (χ0) is 14.3. The van der Waals surface area contributed by atoms with E-state index in [4.69, 9.17) is 5.11 Å². The number of aromatic amines is 1. The van der Waals surface area contributed by atoms with E-state index in [1.165, 1.54) is 23.1 Å². The normalized spacial score (nSPS) is 10.9. The van der Waals surface area contributed by atoms with Crippen LogP contribution in [0.25, 0.3) is 17.0 Å². The van der Waals surface area contributed by atoms with E-state index in [-0.39, 0.29) is 11.6 Å². The van der Waals surface area contributed by atoms with Crippen LogP contribution in [0.4, 0.5) is 9.18 Å². The number of hydrogen-bond acceptors (Lipinski definition) is 4. The van der Waals surface area contributed by atoms with Crippen molar-refractivity contribution >= 4 is 17.2 Å². The number of imidazole rings is 1. The Hall–Kier alpha value is -2.90. The molecule has 2 N–H and O–H groups in total. The van der Waals surface area contributed by atoms with Gasteiger partial charge >= 0.3 is 6.16 Å². The first-order chi connectivity index (χ1) is 9.54. The highest BCUT2D eigenvalue weighted by Gasteiger charge is 2.12. The number of nitrogens with zero attached hydrogens (tertiary/aromatic N) is 3. The molecule has 8 heteroatoms. The Kier molecular flexibility index (Phi) is 2.63. The molecule has 0 aliphatic heterocycles. The molecule has 7 nitrogen and oxygen atoms in total. The molecule has 0 atom stereocenters. The SMILES string of the molecule is Cc1c(F)ccc2[nH]c(-n3cc(OC(=O)O)cn3)nc12. The molecule has 0 bridgehead atoms. The number of benzene rings is 1. The summed E-state index contributed by atoms with van der Waals surface area (Å²) >= 11 is 0. The highest BCUT2D eigenvalue weighted by Crippen LogP contribution is 2.21. The lowest BCUT2D eigenvalue weighted by Gasteiger charge is -1.94. The molecule has 2 heterocycles. The molecule has 3 aromatic rings. The predicted octanol–water partition coefficient (Wildman–Crippen LogP) is 2.25. The molecule has 0 fully saturated rings. The molecule has 20 heavy (non-hydrogen) atoms. The molecule has 0 amide bonds. The first-order valence-corrected chi connectivity index (χ1v) is 5.65. The molecule has 0 radical (unpaired) electrons. The summed E-state index contributed by atoms with van der Waals surface area (Å²) in [7, 11) is 0. The average molecular weight is 276 g/mol. The molecule has 0 saturated carbocycles. The maximum atomic E-state index is 13.4. The van der Waals surface area contributed by atoms with Crippen molar-refractivity contribution in [1.82, 2.24) is 19.7 Å². The molecule has 102 valence electrons. The van der Waals surface area contributed by atoms with Crippen LogP contribution in [0.3, 0.4) is 0 Å². The van der Waals surface area contributed by atoms with Crippen LogP contribution in [-0.4, -0.2) is 31.0 Å². The van der Waals surface area contributed by atoms with Gasteiger partial charge in [0, 0.05) is 5.56 Å². The van der Waals surface area contributed by atoms with E-state index in [1.54, 1.807) is 13.0 Å². The minimum absolute atomic E-state index is 0.0702. The van der Waals surface area contributed by atoms with Gasteiger partial charge in [0.1, 0.15) is 5.82 Å². The Labute approximate surface area is 111 Å². The fraction of sp³-hybridized carbons (Fsp3) is 0.0833. The van der Waals surface area contributed by atoms with E-state index >= 15 is 0 Å². The number of fused-ring (bicyclic) bond motifs is 1. The van der Waals surface area contributed by atoms with Crippen LogP contribution in [0.1, 0.15) is 5.56 Å². The summed E-state index contributed by atoms with van der Waals surface area (Å²) in [5.41, 5.74) is 1.59. The van der Waals surface area contributed by atoms with Crippen LogP contribution < -0.4 is 4.74 Å². The van der Waals surface area contributed by atoms with Crippen molar-refractivity contribution in [3.63, 3.8) is 0 Å². The highest BCUT2D eigenvalue weighted by molar-refractivity contribution is 5.79. The fourth-order valence-electron chi connectivity index (χ4n) is 1.86. The van der Waals surface area contributed by atoms with Crippen molar-refractivity contribution in [3.05, 3.63) is 35.9 Å². The van der Waals surface area contributed by atoms with Crippen LogP contribution in [0.5, 0.6) is 5.75 Å². The monoisotopic (exact) mass is 276 g/mol. The third kappa shape index (κ3) is 1.96. The molecule has 1 aromatic carbocycles. The second-order valence-electron chi connectivity index (χ2n) is 4.12. The number of nitrogens with one attached hydrogen (secondary N) is 1. The molecule has 0 aliphatic carbocycles. The van der Waals surface area contributed by atoms with Crippen molar-refractivity contribution in [2.75, 3.05) is 0 Å². The van der Waals surface area contributed by atoms with Gasteiger partial charge in [-0.2, -0.15) is 5.10 Å². The third-order valence-electron chi connectivity index (χ3n) is 2.81. The van der Waals surface area contributed by atoms with Crippen LogP contribution in [-0.2, 0) is 0 Å². The van der Waals surface area contributed by atoms with E-state index in [0.717, 1.165) is 0 Å². The van der Waals surface area contributed by atoms with Crippen LogP contribution in [0, 0.1) is 12.7 Å². The molecular weight excluding hydrogens is 267 g/mol. The van der Waals surface area contributed by atoms with Crippen LogP contribution >= 0.6 is 0 Å². The third-order valence-corrected chi connectivity index (χ3v) is 2.81. The Morgan fingerprint density at radius 3 is 3.05 bits per heavy atom. The molecule has 0 aliphatic rings. The van der Waals surface area contributed by atoms with Gasteiger partial charge in [-0.1, -0.05) is 0 Å². The van der Waals surface area contributed by atoms with Crippen molar-refractivity contribution in [3.8, 4) is 11.7 Å². The van der Waals surface area contributed by atoms with Crippen molar-refractivity contribution in [1.29, 1.82) is 0 Å². The summed E-state index contributed by atoms with van der Waals surface area (Å²) in [6.07, 6.45) is 1.18. The number of carboxylic acid groups (broad SMARTS) is 1. The van der Waals surface area contributed by atoms with E-state index in [2.05, 4.69) is 19.8 Å². The Morgan fingerprint density at radius 2 is 2.30 bits per heavy atom. The summed E-state index contributed by atoms with van der Waals surface area (Å²) in [5.74, 6) is 0.0701. The Morgan fingerprint density at radius 1 is 1.50 bits per heavy atom. The van der Waals surface area contributed by atoms with Gasteiger partial charge in [0.25, 0.3) is 0 Å². The summed E-state index contributed by atoms with van der Waals surface area (Å²) in [6.45, 7) is 1.63. The maximum Gasteiger partial charge on any atom is 0.511 e. The second-order valence-corrected chi connectivity index (χ2v) is 4.12. The molecular formula is C12H9FN4O3. The lowest BCUT2D eigenvalue weighted by molar-refractivity contribution is 0.144. The van der Waals surface area contributed by atoms with Gasteiger partial charge < -0.3 is 14.8 Å². The van der Waals surface area contributed by atoms with E-state index in [0.29, 0.717) is 22.5 Å². The zero-order valence-electron chi connectivity index (χ0n) is 10.3. The minimum Gasteiger partial charge on any atom is -0.449 e. The summed E-state index contributed by atoms with van der Waals surface area (Å²) in [5, 5.41) is 12.4. The average Bonchev–Trinajstić information content (AvgIpc) is 2.99. The standard InChI is InChI=1S/C12H9FN4O3/c1-6-8(13)2-3-9-10(6)16-11(15-9)17-5-7(4-14-17)20-12(18)19/h2-5H,1H3,(H,15,16)(H,18,19). The zero-order valence-corrected chi connectivity index (χ0v) is 10.3. The summed E-state index contributed by atoms with van der Waals surface area (Å²) in [4.78, 5) is 17.6. The number of aryl methyl sites for hydroxylation is 1. The number of aromatic nitrogens is 4. The van der Waals surface area contributed by atoms with E-state index in [9.17, 15) is 9.18 Å². The quantitative estimate of drug-likeness (QED) is 0.700. The lowest BCUT2D eigenvalue weighted by atomic mass is 10.2. The van der Waals surface area contributed by atoms with Crippen molar-refractivity contribution < 1.29 is 19.0 Å². The van der Waals surface area contributed by atoms with Crippen LogP contribution in [0.15, 0.2) is 24.5 Å². The van der Waals surface area contributed by atoms with Crippen molar-refractivity contribution in [2.24, 2.45) is 0 Å². The van der Waals surface area contributed by atoms with Gasteiger partial charge in [-0.15, -0.1) is 0 Å². The minimum atomic E-state index is -1.42. The number of hydrogen-bond donors (Lipinski definition) is 2. The number of ether oxygens (including phenoxy) is 1. The molecule has 0 spiro atoms. The van der Waals surface area contributed by atoms with Gasteiger partial charge in [0.2, 0.25) is 5.95 Å². The first-order valence-electron chi connectivity index (χ1n) is 5.65. The molecule has 0 unspecified atom stereocenters. The van der Waals surface area contributed by atoms with Gasteiger partial charge in [0.05, 0.1) is 23.4 Å². The van der Waals surface area contributed by atoms with Crippen molar-refractivity contribution in [2.45, 2.75) is 6.92 Å². The fourth-order valence-corrected chi connectivity index (χ4v) is 1.86. The topological polar surface area (TPSA) is 93.0 Å². The van der Waals surface area contributed by atoms with Gasteiger partial charge in [-0.05, 0) is 19.1 Å². The molecule has 2 aromatic heterocycles. The summed E-state index contributed by atoms with van der Waals surface area (Å²) in [6, 6.07) is 2.92. The number of carbonyl (C=O) groups is 1. The van der Waals surface area contributed by atoms with Crippen LogP contribution in [0.2, 0.25) is 0 Å². The highest BCUT2D eigenvalue weighted by atomic mass is 19.1. The van der Waals surface area contributed by atoms with E-state index in [1.807, 2.05) is 0 Å². The Balaban J connectivity index is 2.04. The number of rotatable bonds is 2. The first kappa shape index (κ1) is 12.2. The van der Waals surface area contributed by atoms with Gasteiger partial charge in [0.15, 0.2) is 5.75 Å². The Bertz CT molecular complexity index is 808. The number of halogens is 1. The molecule has 0 saturated heterocycles. The predicted molar refractivity (Wildman–Crippen MR) is 66.6 cm³/mol. The molecule has 3 rings (SSSR count). The van der Waals surface area contributed by atoms with Gasteiger partial charge in [-0.25, -0.2) is 18.9 Å². The lowest BCUT2D eigenvalue weighted by Crippen LogP contribution is -2.02. The second kappa shape index (κ2) is 4.34. The number of H-pyrrole nitrogens is 1. The largest absolute Gasteiger partial charge is 0.511 e. The smallest absolute Gasteiger partial charge is 0.449 e. The maximum absolute atomic E-state index is 13.4.